The quantitative estimate of drug-likeness (QED) is 0.923. The van der Waals surface area contributed by atoms with E-state index in [1.54, 1.807) is 17.7 Å². The van der Waals surface area contributed by atoms with Crippen LogP contribution < -0.4 is 4.90 Å². The number of rotatable bonds is 2. The first-order valence-corrected chi connectivity index (χ1v) is 8.28. The van der Waals surface area contributed by atoms with Crippen LogP contribution in [-0.2, 0) is 17.6 Å². The van der Waals surface area contributed by atoms with E-state index < -0.39 is 5.97 Å². The molecule has 1 saturated heterocycles. The van der Waals surface area contributed by atoms with Gasteiger partial charge in [-0.3, -0.25) is 4.79 Å². The van der Waals surface area contributed by atoms with Crippen molar-refractivity contribution in [2.45, 2.75) is 32.1 Å². The maximum Gasteiger partial charge on any atom is 0.308 e. The summed E-state index contributed by atoms with van der Waals surface area (Å²) in [6.45, 7) is 1.33. The SMILES string of the molecule is O=C(O)C1CCN(c2ncnc3sc4c(c23)CCCC4)C1. The van der Waals surface area contributed by atoms with Gasteiger partial charge in [-0.1, -0.05) is 0 Å². The lowest BCUT2D eigenvalue weighted by molar-refractivity contribution is -0.140. The van der Waals surface area contributed by atoms with Crippen molar-refractivity contribution in [1.82, 2.24) is 9.97 Å². The highest BCUT2D eigenvalue weighted by Crippen LogP contribution is 2.40. The molecule has 3 heterocycles. The first kappa shape index (κ1) is 13.0. The van der Waals surface area contributed by atoms with E-state index in [1.807, 2.05) is 0 Å². The van der Waals surface area contributed by atoms with Crippen molar-refractivity contribution in [2.75, 3.05) is 18.0 Å². The van der Waals surface area contributed by atoms with Gasteiger partial charge < -0.3 is 10.0 Å². The van der Waals surface area contributed by atoms with E-state index in [1.165, 1.54) is 28.7 Å². The highest BCUT2D eigenvalue weighted by molar-refractivity contribution is 7.19. The first-order valence-electron chi connectivity index (χ1n) is 7.47. The summed E-state index contributed by atoms with van der Waals surface area (Å²) in [6, 6.07) is 0. The van der Waals surface area contributed by atoms with Crippen LogP contribution in [0, 0.1) is 5.92 Å². The molecule has 21 heavy (non-hydrogen) atoms. The number of carbonyl (C=O) groups is 1. The normalized spacial score (nSPS) is 21.7. The second-order valence-corrected chi connectivity index (χ2v) is 6.94. The average Bonchev–Trinajstić information content (AvgIpc) is 3.11. The molecule has 1 aliphatic heterocycles. The van der Waals surface area contributed by atoms with Gasteiger partial charge >= 0.3 is 5.97 Å². The number of aromatic nitrogens is 2. The van der Waals surface area contributed by atoms with E-state index >= 15 is 0 Å². The third-order valence-electron chi connectivity index (χ3n) is 4.57. The minimum Gasteiger partial charge on any atom is -0.481 e. The fourth-order valence-corrected chi connectivity index (χ4v) is 4.69. The first-order chi connectivity index (χ1) is 10.2. The van der Waals surface area contributed by atoms with Crippen LogP contribution in [0.4, 0.5) is 5.82 Å². The van der Waals surface area contributed by atoms with Gasteiger partial charge in [0.1, 0.15) is 17.0 Å². The Morgan fingerprint density at radius 1 is 1.33 bits per heavy atom. The van der Waals surface area contributed by atoms with E-state index in [-0.39, 0.29) is 5.92 Å². The Kier molecular flexibility index (Phi) is 3.06. The summed E-state index contributed by atoms with van der Waals surface area (Å²) in [6.07, 6.45) is 7.05. The van der Waals surface area contributed by atoms with Crippen molar-refractivity contribution in [1.29, 1.82) is 0 Å². The molecule has 2 aliphatic rings. The molecule has 1 atom stereocenters. The van der Waals surface area contributed by atoms with Crippen LogP contribution in [0.5, 0.6) is 0 Å². The predicted octanol–water partition coefficient (Wildman–Crippen LogP) is 2.48. The monoisotopic (exact) mass is 303 g/mol. The molecule has 2 aromatic rings. The van der Waals surface area contributed by atoms with Gasteiger partial charge in [-0.15, -0.1) is 11.3 Å². The Bertz CT molecular complexity index is 712. The van der Waals surface area contributed by atoms with Gasteiger partial charge in [0.05, 0.1) is 11.3 Å². The topological polar surface area (TPSA) is 66.3 Å². The van der Waals surface area contributed by atoms with E-state index in [0.717, 1.165) is 30.0 Å². The second kappa shape index (κ2) is 4.94. The molecule has 110 valence electrons. The van der Waals surface area contributed by atoms with Gasteiger partial charge in [0.2, 0.25) is 0 Å². The van der Waals surface area contributed by atoms with Crippen LogP contribution in [0.25, 0.3) is 10.2 Å². The molecule has 0 amide bonds. The number of fused-ring (bicyclic) bond motifs is 3. The van der Waals surface area contributed by atoms with Crippen LogP contribution >= 0.6 is 11.3 Å². The second-order valence-electron chi connectivity index (χ2n) is 5.86. The molecule has 0 spiro atoms. The zero-order chi connectivity index (χ0) is 14.4. The molecule has 1 N–H and O–H groups in total. The Morgan fingerprint density at radius 3 is 3.00 bits per heavy atom. The minimum atomic E-state index is -0.699. The van der Waals surface area contributed by atoms with Gasteiger partial charge in [-0.2, -0.15) is 0 Å². The minimum absolute atomic E-state index is 0.274. The third kappa shape index (κ3) is 2.09. The summed E-state index contributed by atoms with van der Waals surface area (Å²) < 4.78 is 0. The van der Waals surface area contributed by atoms with Crippen molar-refractivity contribution in [3.05, 3.63) is 16.8 Å². The van der Waals surface area contributed by atoms with E-state index in [0.29, 0.717) is 13.0 Å². The van der Waals surface area contributed by atoms with Crippen molar-refractivity contribution in [2.24, 2.45) is 5.92 Å². The molecular formula is C15H17N3O2S. The van der Waals surface area contributed by atoms with Gasteiger partial charge in [0.15, 0.2) is 0 Å². The van der Waals surface area contributed by atoms with E-state index in [4.69, 9.17) is 0 Å². The van der Waals surface area contributed by atoms with Crippen LogP contribution in [-0.4, -0.2) is 34.1 Å². The molecule has 4 rings (SSSR count). The lowest BCUT2D eigenvalue weighted by atomic mass is 9.97. The van der Waals surface area contributed by atoms with Gasteiger partial charge in [0.25, 0.3) is 0 Å². The van der Waals surface area contributed by atoms with Gasteiger partial charge in [-0.25, -0.2) is 9.97 Å². The summed E-state index contributed by atoms with van der Waals surface area (Å²) in [7, 11) is 0. The molecule has 5 nitrogen and oxygen atoms in total. The van der Waals surface area contributed by atoms with Crippen molar-refractivity contribution >= 4 is 33.3 Å². The van der Waals surface area contributed by atoms with Crippen LogP contribution in [0.15, 0.2) is 6.33 Å². The zero-order valence-electron chi connectivity index (χ0n) is 11.7. The van der Waals surface area contributed by atoms with Crippen molar-refractivity contribution in [3.63, 3.8) is 0 Å². The van der Waals surface area contributed by atoms with Crippen LogP contribution in [0.1, 0.15) is 29.7 Å². The number of thiophene rings is 1. The lowest BCUT2D eigenvalue weighted by Crippen LogP contribution is -2.23. The average molecular weight is 303 g/mol. The maximum atomic E-state index is 11.2. The standard InChI is InChI=1S/C15H17N3O2S/c19-15(20)9-5-6-18(7-9)13-12-10-3-1-2-4-11(10)21-14(12)17-8-16-13/h8-9H,1-7H2,(H,19,20). The number of nitrogens with zero attached hydrogens (tertiary/aromatic N) is 3. The Labute approximate surface area is 126 Å². The number of hydrogen-bond donors (Lipinski definition) is 1. The number of aryl methyl sites for hydroxylation is 2. The molecule has 1 fully saturated rings. The molecule has 1 aliphatic carbocycles. The molecule has 6 heteroatoms. The molecule has 0 aromatic carbocycles. The fraction of sp³-hybridized carbons (Fsp3) is 0.533. The fourth-order valence-electron chi connectivity index (χ4n) is 3.47. The van der Waals surface area contributed by atoms with Crippen molar-refractivity contribution < 1.29 is 9.90 Å². The summed E-state index contributed by atoms with van der Waals surface area (Å²) in [4.78, 5) is 24.7. The van der Waals surface area contributed by atoms with Crippen molar-refractivity contribution in [3.8, 4) is 0 Å². The van der Waals surface area contributed by atoms with E-state index in [2.05, 4.69) is 14.9 Å². The zero-order valence-corrected chi connectivity index (χ0v) is 12.5. The highest BCUT2D eigenvalue weighted by Gasteiger charge is 2.31. The van der Waals surface area contributed by atoms with Crippen LogP contribution in [0.2, 0.25) is 0 Å². The molecule has 2 aromatic heterocycles. The number of aliphatic carboxylic acids is 1. The molecule has 1 unspecified atom stereocenters. The number of anilines is 1. The van der Waals surface area contributed by atoms with Gasteiger partial charge in [-0.05, 0) is 37.7 Å². The summed E-state index contributed by atoms with van der Waals surface area (Å²) in [5.74, 6) is -0.0252. The lowest BCUT2D eigenvalue weighted by Gasteiger charge is -2.19. The highest BCUT2D eigenvalue weighted by atomic mass is 32.1. The molecule has 0 bridgehead atoms. The smallest absolute Gasteiger partial charge is 0.308 e. The molecule has 0 radical (unpaired) electrons. The molecular weight excluding hydrogens is 286 g/mol. The summed E-state index contributed by atoms with van der Waals surface area (Å²) >= 11 is 1.79. The summed E-state index contributed by atoms with van der Waals surface area (Å²) in [5, 5.41) is 10.4. The summed E-state index contributed by atoms with van der Waals surface area (Å²) in [5.41, 5.74) is 1.41. The predicted molar refractivity (Wildman–Crippen MR) is 82.0 cm³/mol. The Hall–Kier alpha value is -1.69. The van der Waals surface area contributed by atoms with Crippen LogP contribution in [0.3, 0.4) is 0 Å². The number of carboxylic acids is 1. The molecule has 0 saturated carbocycles. The maximum absolute atomic E-state index is 11.2. The Morgan fingerprint density at radius 2 is 2.19 bits per heavy atom. The number of hydrogen-bond acceptors (Lipinski definition) is 5. The number of carboxylic acid groups (broad SMARTS) is 1. The Balaban J connectivity index is 1.79. The largest absolute Gasteiger partial charge is 0.481 e. The van der Waals surface area contributed by atoms with E-state index in [9.17, 15) is 9.90 Å². The van der Waals surface area contributed by atoms with Gasteiger partial charge in [0, 0.05) is 18.0 Å². The third-order valence-corrected chi connectivity index (χ3v) is 5.77.